The molecule has 0 fully saturated rings. The highest BCUT2D eigenvalue weighted by atomic mass is 35.5. The molecule has 0 nitrogen and oxygen atoms in total. The Morgan fingerprint density at radius 2 is 1.71 bits per heavy atom. The Balaban J connectivity index is 3.54. The van der Waals surface area contributed by atoms with Crippen LogP contribution in [0, 0.1) is 0 Å². The van der Waals surface area contributed by atoms with E-state index in [1.165, 1.54) is 0 Å². The maximum atomic E-state index is 11.7. The van der Waals surface area contributed by atoms with Gasteiger partial charge in [0.1, 0.15) is 0 Å². The van der Waals surface area contributed by atoms with Crippen molar-refractivity contribution in [3.05, 3.63) is 0 Å². The van der Waals surface area contributed by atoms with E-state index in [0.29, 0.717) is 0 Å². The zero-order chi connectivity index (χ0) is 6.08. The Bertz CT molecular complexity index is 56.4. The maximum Gasteiger partial charge on any atom is 0.288 e. The molecule has 0 N–H and O–H groups in total. The average Bonchev–Trinajstić information content (AvgIpc) is 1.31. The number of hydrogen-bond acceptors (Lipinski definition) is 0. The lowest BCUT2D eigenvalue weighted by molar-refractivity contribution is 0.215. The van der Waals surface area contributed by atoms with Gasteiger partial charge in [0.05, 0.1) is 0 Å². The van der Waals surface area contributed by atoms with Gasteiger partial charge in [-0.15, -0.1) is 0 Å². The van der Waals surface area contributed by atoms with Gasteiger partial charge in [0, 0.05) is 0 Å². The van der Waals surface area contributed by atoms with E-state index in [0.717, 1.165) is 6.92 Å². The van der Waals surface area contributed by atoms with E-state index in [-0.39, 0.29) is 0 Å². The van der Waals surface area contributed by atoms with E-state index >= 15 is 0 Å². The van der Waals surface area contributed by atoms with Gasteiger partial charge in [0.25, 0.3) is 4.59 Å². The van der Waals surface area contributed by atoms with Crippen LogP contribution in [-0.2, 0) is 0 Å². The molecule has 0 amide bonds. The van der Waals surface area contributed by atoms with Crippen LogP contribution < -0.4 is 0 Å². The quantitative estimate of drug-likeness (QED) is 0.502. The first-order valence-corrected chi connectivity index (χ1v) is 2.41. The van der Waals surface area contributed by atoms with Crippen LogP contribution in [0.2, 0.25) is 0 Å². The number of hydrogen-bond donors (Lipinski definition) is 0. The third-order valence-electron chi connectivity index (χ3n) is 0.451. The highest BCUT2D eigenvalue weighted by Crippen LogP contribution is 2.28. The monoisotopic (exact) mass is 148 g/mol. The molecule has 0 aliphatic rings. The fourth-order valence-corrected chi connectivity index (χ4v) is 0. The third-order valence-corrected chi connectivity index (χ3v) is 1.05. The lowest BCUT2D eigenvalue weighted by atomic mass is 10.5. The van der Waals surface area contributed by atoms with Crippen molar-refractivity contribution in [3.63, 3.8) is 0 Å². The molecule has 0 aliphatic heterocycles. The smallest absolute Gasteiger partial charge is 0.241 e. The van der Waals surface area contributed by atoms with Crippen molar-refractivity contribution in [1.29, 1.82) is 0 Å². The molecule has 1 atom stereocenters. The first kappa shape index (κ1) is 7.44. The van der Waals surface area contributed by atoms with Gasteiger partial charge < -0.3 is 0 Å². The number of alkyl halides is 4. The van der Waals surface area contributed by atoms with Crippen LogP contribution in [0.5, 0.6) is 0 Å². The maximum absolute atomic E-state index is 11.7. The molecule has 0 radical (unpaired) electrons. The van der Waals surface area contributed by atoms with Crippen molar-refractivity contribution in [3.8, 4) is 0 Å². The highest BCUT2D eigenvalue weighted by molar-refractivity contribution is 6.47. The summed E-state index contributed by atoms with van der Waals surface area (Å²) in [5.41, 5.74) is 0. The fraction of sp³-hybridized carbons (Fsp3) is 1.00. The van der Waals surface area contributed by atoms with Crippen molar-refractivity contribution >= 4 is 23.2 Å². The van der Waals surface area contributed by atoms with Crippen LogP contribution in [0.1, 0.15) is 6.92 Å². The van der Waals surface area contributed by atoms with Gasteiger partial charge in [0.2, 0.25) is 0 Å². The molecule has 0 aromatic heterocycles. The largest absolute Gasteiger partial charge is 0.288 e. The Hall–Kier alpha value is 0.440. The second-order valence-electron chi connectivity index (χ2n) is 1.16. The summed E-state index contributed by atoms with van der Waals surface area (Å²) in [5.74, 6) is 0. The van der Waals surface area contributed by atoms with Gasteiger partial charge in [-0.1, -0.05) is 23.2 Å². The molecular weight excluding hydrogens is 145 g/mol. The molecular formula is C3H4Cl2F2. The second-order valence-corrected chi connectivity index (χ2v) is 2.45. The van der Waals surface area contributed by atoms with E-state index in [2.05, 4.69) is 23.2 Å². The van der Waals surface area contributed by atoms with E-state index in [1.807, 2.05) is 0 Å². The molecule has 0 aromatic rings. The first-order chi connectivity index (χ1) is 2.94. The van der Waals surface area contributed by atoms with E-state index in [4.69, 9.17) is 0 Å². The Labute approximate surface area is 50.4 Å². The summed E-state index contributed by atoms with van der Waals surface area (Å²) in [7, 11) is 0. The molecule has 1 unspecified atom stereocenters. The van der Waals surface area contributed by atoms with Gasteiger partial charge >= 0.3 is 0 Å². The van der Waals surface area contributed by atoms with Crippen LogP contribution in [0.3, 0.4) is 0 Å². The van der Waals surface area contributed by atoms with Crippen molar-refractivity contribution in [2.24, 2.45) is 0 Å². The van der Waals surface area contributed by atoms with Gasteiger partial charge in [-0.3, -0.25) is 0 Å². The van der Waals surface area contributed by atoms with Gasteiger partial charge in [-0.05, 0) is 6.92 Å². The van der Waals surface area contributed by atoms with Crippen molar-refractivity contribution in [1.82, 2.24) is 0 Å². The zero-order valence-electron chi connectivity index (χ0n) is 3.59. The number of halogens is 4. The Kier molecular flexibility index (Phi) is 2.27. The van der Waals surface area contributed by atoms with Gasteiger partial charge in [-0.25, -0.2) is 8.78 Å². The zero-order valence-corrected chi connectivity index (χ0v) is 5.10. The summed E-state index contributed by atoms with van der Waals surface area (Å²) >= 11 is 9.18. The van der Waals surface area contributed by atoms with Gasteiger partial charge in [0.15, 0.2) is 6.17 Å². The molecule has 0 rings (SSSR count). The molecule has 4 heteroatoms. The van der Waals surface area contributed by atoms with Crippen LogP contribution in [0.25, 0.3) is 0 Å². The number of rotatable bonds is 1. The average molecular weight is 149 g/mol. The summed E-state index contributed by atoms with van der Waals surface area (Å²) in [6.45, 7) is 0.944. The van der Waals surface area contributed by atoms with Crippen molar-refractivity contribution < 1.29 is 8.78 Å². The Morgan fingerprint density at radius 3 is 1.71 bits per heavy atom. The summed E-state index contributed by atoms with van der Waals surface area (Å²) in [6.07, 6.45) is -1.84. The molecule has 0 bridgehead atoms. The fourth-order valence-electron chi connectivity index (χ4n) is 0. The van der Waals surface area contributed by atoms with Crippen LogP contribution in [0.15, 0.2) is 0 Å². The predicted molar refractivity (Wildman–Crippen MR) is 26.1 cm³/mol. The summed E-state index contributed by atoms with van der Waals surface area (Å²) in [4.78, 5) is 0. The van der Waals surface area contributed by atoms with Gasteiger partial charge in [-0.2, -0.15) is 0 Å². The van der Waals surface area contributed by atoms with Crippen LogP contribution >= 0.6 is 23.2 Å². The SMILES string of the molecule is CC(F)C(F)(Cl)Cl. The van der Waals surface area contributed by atoms with Crippen molar-refractivity contribution in [2.75, 3.05) is 0 Å². The molecule has 0 heterocycles. The first-order valence-electron chi connectivity index (χ1n) is 1.65. The highest BCUT2D eigenvalue weighted by Gasteiger charge is 2.30. The lowest BCUT2D eigenvalue weighted by Gasteiger charge is -2.07. The van der Waals surface area contributed by atoms with E-state index < -0.39 is 10.8 Å². The minimum atomic E-state index is -2.72. The van der Waals surface area contributed by atoms with Crippen LogP contribution in [-0.4, -0.2) is 10.8 Å². The molecule has 44 valence electrons. The molecule has 0 aromatic carbocycles. The van der Waals surface area contributed by atoms with Crippen molar-refractivity contribution in [2.45, 2.75) is 17.7 Å². The molecule has 7 heavy (non-hydrogen) atoms. The minimum absolute atomic E-state index is 0.944. The molecule has 0 saturated carbocycles. The normalized spacial score (nSPS) is 16.7. The second kappa shape index (κ2) is 2.14. The van der Waals surface area contributed by atoms with E-state index in [9.17, 15) is 8.78 Å². The van der Waals surface area contributed by atoms with Crippen LogP contribution in [0.4, 0.5) is 8.78 Å². The Morgan fingerprint density at radius 1 is 1.57 bits per heavy atom. The summed E-state index contributed by atoms with van der Waals surface area (Å²) in [6, 6.07) is 0. The summed E-state index contributed by atoms with van der Waals surface area (Å²) < 4.78 is 20.5. The molecule has 0 aliphatic carbocycles. The minimum Gasteiger partial charge on any atom is -0.241 e. The summed E-state index contributed by atoms with van der Waals surface area (Å²) in [5, 5.41) is 0. The lowest BCUT2D eigenvalue weighted by Crippen LogP contribution is -2.17. The van der Waals surface area contributed by atoms with E-state index in [1.54, 1.807) is 0 Å². The molecule has 0 spiro atoms. The third kappa shape index (κ3) is 3.06. The predicted octanol–water partition coefficient (Wildman–Crippen LogP) is 2.45. The molecule has 0 saturated heterocycles. The topological polar surface area (TPSA) is 0 Å². The standard InChI is InChI=1S/C3H4Cl2F2/c1-2(6)3(4,5)7/h2H,1H3.